The molecule has 0 atom stereocenters. The quantitative estimate of drug-likeness (QED) is 0.554. The molecule has 6 nitrogen and oxygen atoms in total. The lowest BCUT2D eigenvalue weighted by Gasteiger charge is -2.11. The number of pyridine rings is 1. The van der Waals surface area contributed by atoms with Gasteiger partial charge in [-0.15, -0.1) is 0 Å². The first kappa shape index (κ1) is 23.1. The predicted molar refractivity (Wildman–Crippen MR) is 113 cm³/mol. The van der Waals surface area contributed by atoms with E-state index in [1.807, 2.05) is 24.3 Å². The Kier molecular flexibility index (Phi) is 7.32. The van der Waals surface area contributed by atoms with Gasteiger partial charge in [-0.05, 0) is 60.5 Å². The van der Waals surface area contributed by atoms with Crippen LogP contribution in [-0.2, 0) is 28.7 Å². The molecule has 3 rings (SSSR count). The second-order valence-electron chi connectivity index (χ2n) is 6.91. The van der Waals surface area contributed by atoms with Crippen molar-refractivity contribution in [3.63, 3.8) is 0 Å². The number of halogens is 3. The third-order valence-corrected chi connectivity index (χ3v) is 4.53. The summed E-state index contributed by atoms with van der Waals surface area (Å²) in [6, 6.07) is 15.8. The number of nitrogens with zero attached hydrogens (tertiary/aromatic N) is 1. The minimum absolute atomic E-state index is 0.414. The van der Waals surface area contributed by atoms with Crippen LogP contribution in [0.2, 0.25) is 0 Å². The van der Waals surface area contributed by atoms with Crippen LogP contribution in [0, 0.1) is 0 Å². The van der Waals surface area contributed by atoms with E-state index < -0.39 is 29.8 Å². The number of benzene rings is 2. The molecule has 3 aromatic rings. The Morgan fingerprint density at radius 3 is 2.22 bits per heavy atom. The van der Waals surface area contributed by atoms with E-state index in [4.69, 9.17) is 9.47 Å². The number of hydrogen-bond acceptors (Lipinski definition) is 4. The monoisotopic (exact) mass is 446 g/mol. The van der Waals surface area contributed by atoms with Crippen molar-refractivity contribution in [2.75, 3.05) is 19.0 Å². The average molecular weight is 446 g/mol. The maximum absolute atomic E-state index is 12.8. The van der Waals surface area contributed by atoms with Crippen LogP contribution in [0.15, 0.2) is 71.7 Å². The number of nitrogens with one attached hydrogen (secondary N) is 1. The summed E-state index contributed by atoms with van der Waals surface area (Å²) in [4.78, 5) is 24.1. The zero-order valence-electron chi connectivity index (χ0n) is 17.2. The number of hydrogen-bond donors (Lipinski definition) is 1. The zero-order chi connectivity index (χ0) is 23.1. The van der Waals surface area contributed by atoms with Crippen LogP contribution < -0.4 is 15.6 Å². The van der Waals surface area contributed by atoms with Gasteiger partial charge in [0.25, 0.3) is 5.56 Å². The molecule has 0 spiro atoms. The van der Waals surface area contributed by atoms with E-state index >= 15 is 0 Å². The Balaban J connectivity index is 1.59. The van der Waals surface area contributed by atoms with Crippen molar-refractivity contribution in [3.8, 4) is 11.5 Å². The lowest BCUT2D eigenvalue weighted by Crippen LogP contribution is -2.31. The number of methoxy groups -OCH3 is 1. The molecule has 32 heavy (non-hydrogen) atoms. The number of aromatic nitrogens is 1. The van der Waals surface area contributed by atoms with Gasteiger partial charge in [0, 0.05) is 19.0 Å². The van der Waals surface area contributed by atoms with Gasteiger partial charge in [0.1, 0.15) is 23.6 Å². The SMILES string of the molecule is COCCc1ccc(Oc2ccc(NC(=O)Cn3cccc(C(F)(F)F)c3=O)cc2)cc1. The fourth-order valence-electron chi connectivity index (χ4n) is 2.92. The summed E-state index contributed by atoms with van der Waals surface area (Å²) < 4.78 is 50.1. The van der Waals surface area contributed by atoms with E-state index in [2.05, 4.69) is 5.32 Å². The number of rotatable bonds is 8. The van der Waals surface area contributed by atoms with Crippen LogP contribution >= 0.6 is 0 Å². The van der Waals surface area contributed by atoms with Crippen LogP contribution in [0.4, 0.5) is 18.9 Å². The number of carbonyl (C=O) groups is 1. The highest BCUT2D eigenvalue weighted by Gasteiger charge is 2.34. The summed E-state index contributed by atoms with van der Waals surface area (Å²) in [6.07, 6.45) is -2.84. The molecule has 0 aliphatic heterocycles. The van der Waals surface area contributed by atoms with Crippen LogP contribution in [0.25, 0.3) is 0 Å². The molecule has 0 saturated carbocycles. The van der Waals surface area contributed by atoms with Gasteiger partial charge < -0.3 is 19.4 Å². The van der Waals surface area contributed by atoms with Crippen LogP contribution in [0.1, 0.15) is 11.1 Å². The Hall–Kier alpha value is -3.59. The van der Waals surface area contributed by atoms with E-state index in [-0.39, 0.29) is 0 Å². The van der Waals surface area contributed by atoms with Crippen LogP contribution in [0.3, 0.4) is 0 Å². The Morgan fingerprint density at radius 1 is 1.00 bits per heavy atom. The Morgan fingerprint density at radius 2 is 1.62 bits per heavy atom. The number of amides is 1. The summed E-state index contributed by atoms with van der Waals surface area (Å²) >= 11 is 0. The molecular weight excluding hydrogens is 425 g/mol. The van der Waals surface area contributed by atoms with Crippen molar-refractivity contribution in [2.24, 2.45) is 0 Å². The topological polar surface area (TPSA) is 69.6 Å². The number of ether oxygens (including phenoxy) is 2. The molecule has 168 valence electrons. The molecule has 0 saturated heterocycles. The minimum Gasteiger partial charge on any atom is -0.457 e. The molecule has 0 bridgehead atoms. The van der Waals surface area contributed by atoms with E-state index in [9.17, 15) is 22.8 Å². The summed E-state index contributed by atoms with van der Waals surface area (Å²) in [6.45, 7) is 0.0895. The minimum atomic E-state index is -4.78. The molecule has 0 aliphatic rings. The fourth-order valence-corrected chi connectivity index (χ4v) is 2.92. The van der Waals surface area contributed by atoms with Gasteiger partial charge in [-0.3, -0.25) is 9.59 Å². The van der Waals surface area contributed by atoms with Crippen LogP contribution in [-0.4, -0.2) is 24.2 Å². The highest BCUT2D eigenvalue weighted by Crippen LogP contribution is 2.26. The molecular formula is C23H21F3N2O4. The molecule has 0 aliphatic carbocycles. The maximum atomic E-state index is 12.8. The van der Waals surface area contributed by atoms with Crippen molar-refractivity contribution in [1.82, 2.24) is 4.57 Å². The summed E-state index contributed by atoms with van der Waals surface area (Å²) in [5.74, 6) is 0.556. The van der Waals surface area contributed by atoms with Gasteiger partial charge in [0.2, 0.25) is 5.91 Å². The first-order chi connectivity index (χ1) is 15.3. The van der Waals surface area contributed by atoms with Crippen molar-refractivity contribution in [1.29, 1.82) is 0 Å². The highest BCUT2D eigenvalue weighted by atomic mass is 19.4. The zero-order valence-corrected chi connectivity index (χ0v) is 17.2. The molecule has 0 radical (unpaired) electrons. The van der Waals surface area contributed by atoms with Gasteiger partial charge in [-0.1, -0.05) is 12.1 Å². The molecule has 1 aromatic heterocycles. The van der Waals surface area contributed by atoms with E-state index in [1.165, 1.54) is 0 Å². The van der Waals surface area contributed by atoms with E-state index in [1.54, 1.807) is 31.4 Å². The second kappa shape index (κ2) is 10.1. The maximum Gasteiger partial charge on any atom is 0.421 e. The molecule has 9 heteroatoms. The van der Waals surface area contributed by atoms with Gasteiger partial charge in [-0.2, -0.15) is 13.2 Å². The molecule has 1 heterocycles. The van der Waals surface area contributed by atoms with Crippen molar-refractivity contribution < 1.29 is 27.4 Å². The summed E-state index contributed by atoms with van der Waals surface area (Å²) in [5.41, 5.74) is -1.05. The van der Waals surface area contributed by atoms with Crippen molar-refractivity contribution in [2.45, 2.75) is 19.1 Å². The Labute approximate surface area is 182 Å². The number of anilines is 1. The lowest BCUT2D eigenvalue weighted by molar-refractivity contribution is -0.139. The van der Waals surface area contributed by atoms with E-state index in [0.717, 1.165) is 24.2 Å². The standard InChI is InChI=1S/C23H21F3N2O4/c1-31-14-12-16-4-8-18(9-5-16)32-19-10-6-17(7-11-19)27-21(29)15-28-13-2-3-20(22(28)30)23(24,25)26/h2-11,13H,12,14-15H2,1H3,(H,27,29). The largest absolute Gasteiger partial charge is 0.457 e. The molecule has 1 N–H and O–H groups in total. The number of alkyl halides is 3. The second-order valence-corrected chi connectivity index (χ2v) is 6.91. The first-order valence-corrected chi connectivity index (χ1v) is 9.68. The van der Waals surface area contributed by atoms with Crippen molar-refractivity contribution >= 4 is 11.6 Å². The summed E-state index contributed by atoms with van der Waals surface area (Å²) in [7, 11) is 1.65. The molecule has 0 fully saturated rings. The van der Waals surface area contributed by atoms with Gasteiger partial charge in [-0.25, -0.2) is 0 Å². The van der Waals surface area contributed by atoms with Crippen molar-refractivity contribution in [3.05, 3.63) is 88.3 Å². The highest BCUT2D eigenvalue weighted by molar-refractivity contribution is 5.90. The normalized spacial score (nSPS) is 11.2. The predicted octanol–water partition coefficient (Wildman–Crippen LogP) is 4.49. The molecule has 1 amide bonds. The number of carbonyl (C=O) groups excluding carboxylic acids is 1. The first-order valence-electron chi connectivity index (χ1n) is 9.68. The molecule has 0 unspecified atom stereocenters. The molecule has 2 aromatic carbocycles. The van der Waals surface area contributed by atoms with Crippen LogP contribution in [0.5, 0.6) is 11.5 Å². The van der Waals surface area contributed by atoms with Gasteiger partial charge >= 0.3 is 6.18 Å². The smallest absolute Gasteiger partial charge is 0.421 e. The average Bonchev–Trinajstić information content (AvgIpc) is 2.75. The fraction of sp³-hybridized carbons (Fsp3) is 0.217. The van der Waals surface area contributed by atoms with Gasteiger partial charge in [0.05, 0.1) is 6.61 Å². The summed E-state index contributed by atoms with van der Waals surface area (Å²) in [5, 5.41) is 2.55. The van der Waals surface area contributed by atoms with Gasteiger partial charge in [0.15, 0.2) is 0 Å². The third-order valence-electron chi connectivity index (χ3n) is 4.53. The van der Waals surface area contributed by atoms with E-state index in [0.29, 0.717) is 34.4 Å². The Bertz CT molecular complexity index is 1110. The third kappa shape index (κ3) is 6.21. The lowest BCUT2D eigenvalue weighted by atomic mass is 10.1.